The van der Waals surface area contributed by atoms with Crippen molar-refractivity contribution in [3.05, 3.63) is 47.7 Å². The molecule has 4 heterocycles. The zero-order chi connectivity index (χ0) is 21.7. The maximum Gasteiger partial charge on any atom is 0.280 e. The van der Waals surface area contributed by atoms with Gasteiger partial charge in [-0.3, -0.25) is 9.20 Å². The van der Waals surface area contributed by atoms with Crippen molar-refractivity contribution in [1.82, 2.24) is 19.4 Å². The Morgan fingerprint density at radius 1 is 1.19 bits per heavy atom. The molecule has 1 amide bonds. The van der Waals surface area contributed by atoms with Gasteiger partial charge in [-0.05, 0) is 37.8 Å². The third-order valence-electron chi connectivity index (χ3n) is 5.55. The van der Waals surface area contributed by atoms with Crippen molar-refractivity contribution >= 4 is 17.4 Å². The molecule has 8 nitrogen and oxygen atoms in total. The van der Waals surface area contributed by atoms with Gasteiger partial charge in [-0.25, -0.2) is 18.7 Å². The van der Waals surface area contributed by atoms with E-state index >= 15 is 0 Å². The molecule has 0 aromatic carbocycles. The fraction of sp³-hybridized carbons (Fsp3) is 0.429. The molecule has 1 N–H and O–H groups in total. The molecule has 2 atom stereocenters. The molecule has 0 radical (unpaired) electrons. The average molecular weight is 429 g/mol. The minimum Gasteiger partial charge on any atom is -0.473 e. The molecule has 1 saturated heterocycles. The maximum absolute atomic E-state index is 12.9. The molecule has 10 heteroatoms. The van der Waals surface area contributed by atoms with Crippen molar-refractivity contribution in [2.75, 3.05) is 18.5 Å². The van der Waals surface area contributed by atoms with E-state index in [0.29, 0.717) is 29.2 Å². The lowest BCUT2D eigenvalue weighted by molar-refractivity contribution is 0.101. The van der Waals surface area contributed by atoms with Gasteiger partial charge < -0.3 is 14.8 Å². The molecule has 5 rings (SSSR count). The number of nitrogens with zero attached hydrogens (tertiary/aromatic N) is 4. The Kier molecular flexibility index (Phi) is 4.81. The van der Waals surface area contributed by atoms with E-state index in [1.54, 1.807) is 10.6 Å². The quantitative estimate of drug-likeness (QED) is 0.645. The summed E-state index contributed by atoms with van der Waals surface area (Å²) in [4.78, 5) is 25.5. The summed E-state index contributed by atoms with van der Waals surface area (Å²) in [6.07, 6.45) is 0.609. The fourth-order valence-electron chi connectivity index (χ4n) is 4.05. The molecule has 1 aliphatic heterocycles. The monoisotopic (exact) mass is 429 g/mol. The van der Waals surface area contributed by atoms with Crippen molar-refractivity contribution in [3.8, 4) is 5.88 Å². The number of hydrogen-bond donors (Lipinski definition) is 1. The summed E-state index contributed by atoms with van der Waals surface area (Å²) in [7, 11) is 0. The van der Waals surface area contributed by atoms with Crippen molar-refractivity contribution < 1.29 is 23.0 Å². The highest BCUT2D eigenvalue weighted by Gasteiger charge is 2.55. The third-order valence-corrected chi connectivity index (χ3v) is 5.55. The van der Waals surface area contributed by atoms with Crippen LogP contribution in [0.1, 0.15) is 48.1 Å². The number of halogens is 2. The van der Waals surface area contributed by atoms with E-state index in [2.05, 4.69) is 20.3 Å². The lowest BCUT2D eigenvalue weighted by atomic mass is 10.2. The number of ether oxygens (including phenoxy) is 2. The van der Waals surface area contributed by atoms with Gasteiger partial charge in [-0.15, -0.1) is 0 Å². The maximum atomic E-state index is 12.9. The number of aromatic nitrogens is 4. The van der Waals surface area contributed by atoms with Gasteiger partial charge >= 0.3 is 0 Å². The van der Waals surface area contributed by atoms with Gasteiger partial charge in [0.05, 0.1) is 25.0 Å². The lowest BCUT2D eigenvalue weighted by Crippen LogP contribution is -2.17. The van der Waals surface area contributed by atoms with Gasteiger partial charge in [0, 0.05) is 18.3 Å². The highest BCUT2D eigenvalue weighted by atomic mass is 19.3. The van der Waals surface area contributed by atoms with Crippen LogP contribution in [-0.2, 0) is 4.74 Å². The van der Waals surface area contributed by atoms with E-state index in [4.69, 9.17) is 9.47 Å². The van der Waals surface area contributed by atoms with E-state index in [0.717, 1.165) is 18.9 Å². The average Bonchev–Trinajstić information content (AvgIpc) is 3.04. The number of alkyl halides is 2. The van der Waals surface area contributed by atoms with Gasteiger partial charge in [0.2, 0.25) is 11.7 Å². The number of pyridine rings is 1. The first-order valence-corrected chi connectivity index (χ1v) is 10.1. The molecule has 2 fully saturated rings. The summed E-state index contributed by atoms with van der Waals surface area (Å²) >= 11 is 0. The smallest absolute Gasteiger partial charge is 0.280 e. The molecule has 3 aromatic heterocycles. The van der Waals surface area contributed by atoms with Crippen molar-refractivity contribution in [2.24, 2.45) is 11.8 Å². The molecule has 2 unspecified atom stereocenters. The van der Waals surface area contributed by atoms with Crippen molar-refractivity contribution in [3.63, 3.8) is 0 Å². The van der Waals surface area contributed by atoms with Gasteiger partial charge in [0.15, 0.2) is 0 Å². The summed E-state index contributed by atoms with van der Waals surface area (Å²) in [5.74, 6) is 1.41. The summed E-state index contributed by atoms with van der Waals surface area (Å²) in [6, 6.07) is 3.92. The van der Waals surface area contributed by atoms with Crippen LogP contribution in [-0.4, -0.2) is 44.6 Å². The minimum atomic E-state index is -2.76. The number of fused-ring (bicyclic) bond motifs is 2. The molecule has 1 aliphatic carbocycles. The SMILES string of the molecule is CC(C)Oc1nc2nc(C3C4COCC43)cn2cc1NC(=O)c1cccc(C(F)F)n1. The standard InChI is InChI=1S/C21H21F2N5O3/c1-10(2)31-20-16(25-19(29)14-5-3-4-13(24-14)18(22)23)7-28-6-15(26-21(28)27-20)17-11-8-30-9-12(11)17/h3-7,10-12,17-18H,8-9H2,1-2H3,(H,25,29). The predicted octanol–water partition coefficient (Wildman–Crippen LogP) is 3.46. The van der Waals surface area contributed by atoms with Crippen LogP contribution in [0, 0.1) is 11.8 Å². The van der Waals surface area contributed by atoms with Gasteiger partial charge in [0.1, 0.15) is 17.1 Å². The first-order chi connectivity index (χ1) is 14.9. The molecular formula is C21H21F2N5O3. The second-order valence-corrected chi connectivity index (χ2v) is 8.09. The predicted molar refractivity (Wildman–Crippen MR) is 106 cm³/mol. The number of hydrogen-bond acceptors (Lipinski definition) is 6. The van der Waals surface area contributed by atoms with E-state index < -0.39 is 18.0 Å². The van der Waals surface area contributed by atoms with Crippen LogP contribution in [0.25, 0.3) is 5.78 Å². The Hall–Kier alpha value is -3.14. The van der Waals surface area contributed by atoms with Crippen LogP contribution in [0.5, 0.6) is 5.88 Å². The van der Waals surface area contributed by atoms with Crippen LogP contribution in [0.15, 0.2) is 30.6 Å². The number of amides is 1. The Morgan fingerprint density at radius 2 is 1.97 bits per heavy atom. The second kappa shape index (κ2) is 7.52. The highest BCUT2D eigenvalue weighted by Crippen LogP contribution is 2.57. The topological polar surface area (TPSA) is 90.6 Å². The van der Waals surface area contributed by atoms with Crippen LogP contribution >= 0.6 is 0 Å². The Bertz CT molecular complexity index is 1140. The minimum absolute atomic E-state index is 0.120. The van der Waals surface area contributed by atoms with Crippen molar-refractivity contribution in [1.29, 1.82) is 0 Å². The number of carbonyl (C=O) groups excluding carboxylic acids is 1. The van der Waals surface area contributed by atoms with E-state index in [1.807, 2.05) is 20.0 Å². The van der Waals surface area contributed by atoms with Gasteiger partial charge in [0.25, 0.3) is 12.3 Å². The first-order valence-electron chi connectivity index (χ1n) is 10.1. The zero-order valence-electron chi connectivity index (χ0n) is 17.0. The first kappa shape index (κ1) is 19.8. The summed E-state index contributed by atoms with van der Waals surface area (Å²) < 4.78 is 38.8. The molecule has 31 heavy (non-hydrogen) atoms. The van der Waals surface area contributed by atoms with Crippen LogP contribution < -0.4 is 10.1 Å². The van der Waals surface area contributed by atoms with E-state index in [-0.39, 0.29) is 17.7 Å². The molecule has 3 aromatic rings. The number of nitrogens with one attached hydrogen (secondary N) is 1. The zero-order valence-corrected chi connectivity index (χ0v) is 17.0. The van der Waals surface area contributed by atoms with Crippen molar-refractivity contribution in [2.45, 2.75) is 32.3 Å². The van der Waals surface area contributed by atoms with Gasteiger partial charge in [-0.1, -0.05) is 6.07 Å². The number of anilines is 1. The van der Waals surface area contributed by atoms with Crippen LogP contribution in [0.2, 0.25) is 0 Å². The fourth-order valence-corrected chi connectivity index (χ4v) is 4.05. The Morgan fingerprint density at radius 3 is 2.68 bits per heavy atom. The largest absolute Gasteiger partial charge is 0.473 e. The number of carbonyl (C=O) groups is 1. The molecule has 1 saturated carbocycles. The molecular weight excluding hydrogens is 408 g/mol. The summed E-state index contributed by atoms with van der Waals surface area (Å²) in [6.45, 7) is 5.19. The van der Waals surface area contributed by atoms with Crippen LogP contribution in [0.3, 0.4) is 0 Å². The third kappa shape index (κ3) is 3.71. The summed E-state index contributed by atoms with van der Waals surface area (Å²) in [5, 5.41) is 2.68. The summed E-state index contributed by atoms with van der Waals surface area (Å²) in [5.41, 5.74) is 0.665. The lowest BCUT2D eigenvalue weighted by Gasteiger charge is -2.14. The molecule has 0 spiro atoms. The number of rotatable bonds is 6. The Balaban J connectivity index is 1.46. The van der Waals surface area contributed by atoms with E-state index in [1.165, 1.54) is 18.2 Å². The second-order valence-electron chi connectivity index (χ2n) is 8.09. The number of imidazole rings is 1. The van der Waals surface area contributed by atoms with E-state index in [9.17, 15) is 13.6 Å². The highest BCUT2D eigenvalue weighted by molar-refractivity contribution is 6.03. The van der Waals surface area contributed by atoms with Crippen LogP contribution in [0.4, 0.5) is 14.5 Å². The Labute approximate surface area is 176 Å². The molecule has 2 aliphatic rings. The molecule has 0 bridgehead atoms. The molecule has 162 valence electrons. The van der Waals surface area contributed by atoms with Gasteiger partial charge in [-0.2, -0.15) is 4.98 Å². The normalized spacial score (nSPS) is 22.2.